The number of nitrogens with zero attached hydrogens (tertiary/aromatic N) is 3. The minimum absolute atomic E-state index is 0.180. The van der Waals surface area contributed by atoms with Crippen molar-refractivity contribution in [2.24, 2.45) is 0 Å². The number of anilines is 1. The number of piperazine rings is 1. The Morgan fingerprint density at radius 3 is 2.92 bits per heavy atom. The van der Waals surface area contributed by atoms with Crippen LogP contribution in [0, 0.1) is 12.7 Å². The Balaban J connectivity index is 1.71. The highest BCUT2D eigenvalue weighted by atomic mass is 35.5. The molecule has 0 radical (unpaired) electrons. The normalized spacial score (nSPS) is 18.8. The van der Waals surface area contributed by atoms with Crippen LogP contribution in [0.25, 0.3) is 0 Å². The molecule has 2 aromatic rings. The van der Waals surface area contributed by atoms with E-state index in [2.05, 4.69) is 26.9 Å². The van der Waals surface area contributed by atoms with E-state index in [0.29, 0.717) is 5.69 Å². The van der Waals surface area contributed by atoms with E-state index in [1.165, 1.54) is 6.07 Å². The van der Waals surface area contributed by atoms with Crippen molar-refractivity contribution >= 4 is 17.3 Å². The lowest BCUT2D eigenvalue weighted by Gasteiger charge is -2.41. The largest absolute Gasteiger partial charge is 0.364 e. The van der Waals surface area contributed by atoms with Gasteiger partial charge in [0, 0.05) is 32.2 Å². The molecule has 2 heterocycles. The Hall–Kier alpha value is -1.92. The molecule has 1 aliphatic rings. The quantitative estimate of drug-likeness (QED) is 0.924. The molecule has 1 aliphatic heterocycles. The van der Waals surface area contributed by atoms with Gasteiger partial charge in [-0.3, -0.25) is 9.69 Å². The molecule has 7 heteroatoms. The first kappa shape index (κ1) is 16.9. The summed E-state index contributed by atoms with van der Waals surface area (Å²) in [6.45, 7) is 7.24. The summed E-state index contributed by atoms with van der Waals surface area (Å²) in [5.41, 5.74) is 2.40. The molecule has 1 atom stereocenters. The molecule has 1 aromatic carbocycles. The first-order valence-electron chi connectivity index (χ1n) is 7.93. The summed E-state index contributed by atoms with van der Waals surface area (Å²) in [4.78, 5) is 16.1. The van der Waals surface area contributed by atoms with Crippen molar-refractivity contribution in [3.8, 4) is 0 Å². The van der Waals surface area contributed by atoms with Crippen molar-refractivity contribution in [2.75, 3.05) is 24.5 Å². The monoisotopic (exact) mass is 350 g/mol. The summed E-state index contributed by atoms with van der Waals surface area (Å²) < 4.78 is 13.2. The van der Waals surface area contributed by atoms with Crippen molar-refractivity contribution < 1.29 is 4.39 Å². The summed E-state index contributed by atoms with van der Waals surface area (Å²) in [6.07, 6.45) is 1.60. The topological polar surface area (TPSA) is 52.2 Å². The lowest BCUT2D eigenvalue weighted by molar-refractivity contribution is 0.220. The molecule has 1 fully saturated rings. The second-order valence-corrected chi connectivity index (χ2v) is 6.62. The van der Waals surface area contributed by atoms with Crippen LogP contribution in [0.3, 0.4) is 0 Å². The SMILES string of the molecule is Cc1cc(F)ccc1CN1CCN(c2cn[nH]c(=O)c2Cl)[C@H](C)C1. The Morgan fingerprint density at radius 1 is 1.42 bits per heavy atom. The van der Waals surface area contributed by atoms with E-state index in [0.717, 1.165) is 37.3 Å². The van der Waals surface area contributed by atoms with Gasteiger partial charge in [0.2, 0.25) is 0 Å². The van der Waals surface area contributed by atoms with E-state index in [1.54, 1.807) is 12.3 Å². The molecule has 0 spiro atoms. The average molecular weight is 351 g/mol. The van der Waals surface area contributed by atoms with Crippen LogP contribution < -0.4 is 10.5 Å². The molecule has 0 bridgehead atoms. The summed E-state index contributed by atoms with van der Waals surface area (Å²) in [6, 6.07) is 5.11. The van der Waals surface area contributed by atoms with E-state index in [9.17, 15) is 9.18 Å². The third kappa shape index (κ3) is 3.44. The van der Waals surface area contributed by atoms with Gasteiger partial charge in [-0.15, -0.1) is 0 Å². The zero-order chi connectivity index (χ0) is 17.3. The summed E-state index contributed by atoms with van der Waals surface area (Å²) in [5, 5.41) is 6.37. The zero-order valence-corrected chi connectivity index (χ0v) is 14.5. The zero-order valence-electron chi connectivity index (χ0n) is 13.7. The minimum atomic E-state index is -0.370. The predicted octanol–water partition coefficient (Wildman–Crippen LogP) is 2.58. The third-order valence-electron chi connectivity index (χ3n) is 4.50. The van der Waals surface area contributed by atoms with Crippen molar-refractivity contribution in [1.29, 1.82) is 0 Å². The van der Waals surface area contributed by atoms with Gasteiger partial charge >= 0.3 is 0 Å². The van der Waals surface area contributed by atoms with Gasteiger partial charge in [0.1, 0.15) is 10.8 Å². The second kappa shape index (κ2) is 6.91. The van der Waals surface area contributed by atoms with Crippen molar-refractivity contribution in [1.82, 2.24) is 15.1 Å². The first-order chi connectivity index (χ1) is 11.5. The van der Waals surface area contributed by atoms with Crippen molar-refractivity contribution in [2.45, 2.75) is 26.4 Å². The Kier molecular flexibility index (Phi) is 4.87. The van der Waals surface area contributed by atoms with Gasteiger partial charge in [0.25, 0.3) is 5.56 Å². The molecule has 0 saturated carbocycles. The van der Waals surface area contributed by atoms with Gasteiger partial charge in [-0.2, -0.15) is 5.10 Å². The highest BCUT2D eigenvalue weighted by Gasteiger charge is 2.26. The molecule has 1 N–H and O–H groups in total. The van der Waals surface area contributed by atoms with Crippen molar-refractivity contribution in [3.63, 3.8) is 0 Å². The molecule has 3 rings (SSSR count). The molecule has 1 aromatic heterocycles. The van der Waals surface area contributed by atoms with Gasteiger partial charge in [-0.25, -0.2) is 9.49 Å². The number of aromatic nitrogens is 2. The number of H-pyrrole nitrogens is 1. The molecular formula is C17H20ClFN4O. The fourth-order valence-corrected chi connectivity index (χ4v) is 3.39. The molecule has 0 amide bonds. The van der Waals surface area contributed by atoms with E-state index in [4.69, 9.17) is 11.6 Å². The van der Waals surface area contributed by atoms with E-state index in [1.807, 2.05) is 13.0 Å². The second-order valence-electron chi connectivity index (χ2n) is 6.25. The van der Waals surface area contributed by atoms with E-state index in [-0.39, 0.29) is 22.4 Å². The first-order valence-corrected chi connectivity index (χ1v) is 8.30. The number of hydrogen-bond acceptors (Lipinski definition) is 4. The van der Waals surface area contributed by atoms with Crippen LogP contribution in [0.2, 0.25) is 5.02 Å². The van der Waals surface area contributed by atoms with Crippen LogP contribution in [0.1, 0.15) is 18.1 Å². The molecule has 0 aliphatic carbocycles. The van der Waals surface area contributed by atoms with Crippen LogP contribution in [0.15, 0.2) is 29.2 Å². The van der Waals surface area contributed by atoms with Gasteiger partial charge < -0.3 is 4.90 Å². The maximum absolute atomic E-state index is 13.2. The number of hydrogen-bond donors (Lipinski definition) is 1. The smallest absolute Gasteiger partial charge is 0.285 e. The number of rotatable bonds is 3. The Bertz CT molecular complexity index is 794. The van der Waals surface area contributed by atoms with Crippen molar-refractivity contribution in [3.05, 3.63) is 56.7 Å². The molecule has 1 saturated heterocycles. The van der Waals surface area contributed by atoms with E-state index >= 15 is 0 Å². The van der Waals surface area contributed by atoms with Crippen LogP contribution in [0.5, 0.6) is 0 Å². The van der Waals surface area contributed by atoms with Gasteiger partial charge in [0.05, 0.1) is 11.9 Å². The average Bonchev–Trinajstić information content (AvgIpc) is 2.53. The summed E-state index contributed by atoms with van der Waals surface area (Å²) in [7, 11) is 0. The maximum Gasteiger partial charge on any atom is 0.285 e. The highest BCUT2D eigenvalue weighted by Crippen LogP contribution is 2.25. The van der Waals surface area contributed by atoms with E-state index < -0.39 is 0 Å². The molecule has 128 valence electrons. The van der Waals surface area contributed by atoms with Crippen LogP contribution in [-0.4, -0.2) is 40.8 Å². The highest BCUT2D eigenvalue weighted by molar-refractivity contribution is 6.33. The number of aromatic amines is 1. The number of benzene rings is 1. The molecule has 5 nitrogen and oxygen atoms in total. The number of aryl methyl sites for hydroxylation is 1. The Labute approximate surface area is 145 Å². The summed E-state index contributed by atoms with van der Waals surface area (Å²) in [5.74, 6) is -0.203. The van der Waals surface area contributed by atoms with Crippen LogP contribution in [0.4, 0.5) is 10.1 Å². The lowest BCUT2D eigenvalue weighted by atomic mass is 10.1. The van der Waals surface area contributed by atoms with Crippen LogP contribution in [-0.2, 0) is 6.54 Å². The molecule has 0 unspecified atom stereocenters. The fourth-order valence-electron chi connectivity index (χ4n) is 3.19. The fraction of sp³-hybridized carbons (Fsp3) is 0.412. The lowest BCUT2D eigenvalue weighted by Crippen LogP contribution is -2.52. The minimum Gasteiger partial charge on any atom is -0.364 e. The standard InChI is InChI=1S/C17H20ClFN4O/c1-11-7-14(19)4-3-13(11)10-22-5-6-23(12(2)9-22)15-8-20-21-17(24)16(15)18/h3-4,7-8,12H,5-6,9-10H2,1-2H3,(H,21,24)/t12-/m1/s1. The van der Waals surface area contributed by atoms with Crippen LogP contribution >= 0.6 is 11.6 Å². The summed E-state index contributed by atoms with van der Waals surface area (Å²) >= 11 is 6.12. The molecule has 24 heavy (non-hydrogen) atoms. The predicted molar refractivity (Wildman–Crippen MR) is 93.1 cm³/mol. The third-order valence-corrected chi connectivity index (χ3v) is 4.86. The van der Waals surface area contributed by atoms with Gasteiger partial charge in [-0.1, -0.05) is 17.7 Å². The Morgan fingerprint density at radius 2 is 2.21 bits per heavy atom. The number of nitrogens with one attached hydrogen (secondary N) is 1. The van der Waals surface area contributed by atoms with Gasteiger partial charge in [-0.05, 0) is 37.1 Å². The maximum atomic E-state index is 13.2. The number of halogens is 2. The molecular weight excluding hydrogens is 331 g/mol. The van der Waals surface area contributed by atoms with Gasteiger partial charge in [0.15, 0.2) is 0 Å².